The number of rotatable bonds is 5. The van der Waals surface area contributed by atoms with Gasteiger partial charge in [0.1, 0.15) is 5.76 Å². The second-order valence-electron chi connectivity index (χ2n) is 2.97. The molecule has 0 radical (unpaired) electrons. The molecule has 13 heavy (non-hydrogen) atoms. The van der Waals surface area contributed by atoms with Crippen LogP contribution in [-0.2, 0) is 0 Å². The Hall–Kier alpha value is -0.700. The largest absolute Gasteiger partial charge is 0.463 e. The van der Waals surface area contributed by atoms with Gasteiger partial charge in [0.05, 0.1) is 12.5 Å². The van der Waals surface area contributed by atoms with Crippen molar-refractivity contribution in [2.45, 2.75) is 19.1 Å². The average Bonchev–Trinajstić information content (AvgIpc) is 2.55. The highest BCUT2D eigenvalue weighted by molar-refractivity contribution is 7.99. The third-order valence-corrected chi connectivity index (χ3v) is 2.52. The summed E-state index contributed by atoms with van der Waals surface area (Å²) < 4.78 is 5.11. The fraction of sp³-hybridized carbons (Fsp3) is 0.500. The van der Waals surface area contributed by atoms with Gasteiger partial charge >= 0.3 is 0 Å². The van der Waals surface area contributed by atoms with E-state index in [4.69, 9.17) is 4.42 Å². The average molecular weight is 197 g/mol. The fourth-order valence-corrected chi connectivity index (χ4v) is 1.54. The molecule has 1 aromatic heterocycles. The Bertz CT molecular complexity index is 241. The van der Waals surface area contributed by atoms with Crippen LogP contribution in [0, 0.1) is 0 Å². The summed E-state index contributed by atoms with van der Waals surface area (Å²) in [7, 11) is 0. The third kappa shape index (κ3) is 4.78. The Balaban J connectivity index is 2.12. The molecule has 2 nitrogen and oxygen atoms in total. The molecule has 0 saturated carbocycles. The molecule has 0 aliphatic rings. The predicted octanol–water partition coefficient (Wildman–Crippen LogP) is 2.84. The minimum atomic E-state index is 0.693. The third-order valence-electron chi connectivity index (χ3n) is 1.43. The van der Waals surface area contributed by atoms with E-state index >= 15 is 0 Å². The van der Waals surface area contributed by atoms with Crippen LogP contribution in [0.5, 0.6) is 0 Å². The van der Waals surface area contributed by atoms with Gasteiger partial charge in [-0.15, -0.1) is 0 Å². The molecule has 0 saturated heterocycles. The highest BCUT2D eigenvalue weighted by atomic mass is 32.2. The summed E-state index contributed by atoms with van der Waals surface area (Å²) in [5.74, 6) is 1.91. The monoisotopic (exact) mass is 197 g/mol. The van der Waals surface area contributed by atoms with Crippen LogP contribution < -0.4 is 0 Å². The van der Waals surface area contributed by atoms with Crippen molar-refractivity contribution in [1.29, 1.82) is 0 Å². The van der Waals surface area contributed by atoms with Gasteiger partial charge < -0.3 is 4.42 Å². The Morgan fingerprint density at radius 1 is 1.62 bits per heavy atom. The molecule has 1 rings (SSSR count). The Morgan fingerprint density at radius 2 is 2.46 bits per heavy atom. The Labute approximate surface area is 83.4 Å². The van der Waals surface area contributed by atoms with Gasteiger partial charge in [-0.05, 0) is 17.4 Å². The van der Waals surface area contributed by atoms with Gasteiger partial charge in [0.25, 0.3) is 0 Å². The standard InChI is InChI=1S/C10H15NOS/c1-9(2)13-7-5-11-8-10-4-3-6-12-10/h3-4,6,8-9H,5,7H2,1-2H3. The predicted molar refractivity (Wildman–Crippen MR) is 58.8 cm³/mol. The SMILES string of the molecule is CC(C)SCCN=Cc1ccco1. The topological polar surface area (TPSA) is 25.5 Å². The molecular weight excluding hydrogens is 182 g/mol. The minimum Gasteiger partial charge on any atom is -0.463 e. The number of hydrogen-bond acceptors (Lipinski definition) is 3. The lowest BCUT2D eigenvalue weighted by Crippen LogP contribution is -1.93. The maximum Gasteiger partial charge on any atom is 0.144 e. The van der Waals surface area contributed by atoms with Crippen LogP contribution in [0.1, 0.15) is 19.6 Å². The van der Waals surface area contributed by atoms with Crippen LogP contribution in [0.2, 0.25) is 0 Å². The van der Waals surface area contributed by atoms with E-state index in [1.165, 1.54) is 0 Å². The highest BCUT2D eigenvalue weighted by Gasteiger charge is 1.92. The first-order valence-electron chi connectivity index (χ1n) is 4.44. The van der Waals surface area contributed by atoms with Gasteiger partial charge in [-0.3, -0.25) is 4.99 Å². The second kappa shape index (κ2) is 5.86. The summed E-state index contributed by atoms with van der Waals surface area (Å²) in [6.45, 7) is 5.26. The number of hydrogen-bond donors (Lipinski definition) is 0. The number of nitrogens with zero attached hydrogens (tertiary/aromatic N) is 1. The fourth-order valence-electron chi connectivity index (χ4n) is 0.860. The summed E-state index contributed by atoms with van der Waals surface area (Å²) in [5, 5.41) is 0.693. The van der Waals surface area contributed by atoms with E-state index in [-0.39, 0.29) is 0 Å². The van der Waals surface area contributed by atoms with E-state index in [2.05, 4.69) is 18.8 Å². The summed E-state index contributed by atoms with van der Waals surface area (Å²) >= 11 is 1.92. The lowest BCUT2D eigenvalue weighted by molar-refractivity contribution is 0.560. The van der Waals surface area contributed by atoms with Gasteiger partial charge in [-0.25, -0.2) is 0 Å². The summed E-state index contributed by atoms with van der Waals surface area (Å²) in [4.78, 5) is 4.25. The number of aliphatic imine (C=N–C) groups is 1. The molecule has 1 aromatic rings. The molecule has 72 valence electrons. The zero-order chi connectivity index (χ0) is 9.52. The van der Waals surface area contributed by atoms with E-state index in [1.807, 2.05) is 23.9 Å². The maximum atomic E-state index is 5.11. The molecule has 0 aliphatic heterocycles. The van der Waals surface area contributed by atoms with Crippen LogP contribution >= 0.6 is 11.8 Å². The molecule has 0 spiro atoms. The van der Waals surface area contributed by atoms with Crippen LogP contribution in [0.25, 0.3) is 0 Å². The zero-order valence-corrected chi connectivity index (χ0v) is 8.88. The first-order chi connectivity index (χ1) is 6.29. The van der Waals surface area contributed by atoms with Crippen molar-refractivity contribution >= 4 is 18.0 Å². The quantitative estimate of drug-likeness (QED) is 0.536. The highest BCUT2D eigenvalue weighted by Crippen LogP contribution is 2.07. The van der Waals surface area contributed by atoms with Crippen molar-refractivity contribution in [3.05, 3.63) is 24.2 Å². The van der Waals surface area contributed by atoms with Gasteiger partial charge in [-0.2, -0.15) is 11.8 Å². The normalized spacial score (nSPS) is 11.6. The summed E-state index contributed by atoms with van der Waals surface area (Å²) in [6.07, 6.45) is 3.44. The molecule has 0 unspecified atom stereocenters. The molecule has 1 heterocycles. The van der Waals surface area contributed by atoms with Gasteiger partial charge in [0, 0.05) is 12.3 Å². The van der Waals surface area contributed by atoms with Crippen molar-refractivity contribution in [1.82, 2.24) is 0 Å². The van der Waals surface area contributed by atoms with Crippen molar-refractivity contribution < 1.29 is 4.42 Å². The van der Waals surface area contributed by atoms with Crippen LogP contribution in [-0.4, -0.2) is 23.8 Å². The van der Waals surface area contributed by atoms with Crippen molar-refractivity contribution in [3.8, 4) is 0 Å². The van der Waals surface area contributed by atoms with Gasteiger partial charge in [0.2, 0.25) is 0 Å². The molecule has 0 atom stereocenters. The van der Waals surface area contributed by atoms with E-state index in [0.717, 1.165) is 18.1 Å². The lowest BCUT2D eigenvalue weighted by atomic mass is 10.5. The Morgan fingerprint density at radius 3 is 3.08 bits per heavy atom. The minimum absolute atomic E-state index is 0.693. The molecule has 0 aromatic carbocycles. The van der Waals surface area contributed by atoms with Gasteiger partial charge in [0.15, 0.2) is 0 Å². The molecule has 0 N–H and O–H groups in total. The first kappa shape index (κ1) is 10.4. The molecule has 0 amide bonds. The first-order valence-corrected chi connectivity index (χ1v) is 5.49. The smallest absolute Gasteiger partial charge is 0.144 e. The summed E-state index contributed by atoms with van der Waals surface area (Å²) in [5.41, 5.74) is 0. The van der Waals surface area contributed by atoms with Crippen molar-refractivity contribution in [2.24, 2.45) is 4.99 Å². The van der Waals surface area contributed by atoms with Crippen molar-refractivity contribution in [3.63, 3.8) is 0 Å². The number of thioether (sulfide) groups is 1. The summed E-state index contributed by atoms with van der Waals surface area (Å²) in [6, 6.07) is 3.77. The van der Waals surface area contributed by atoms with E-state index in [1.54, 1.807) is 12.5 Å². The second-order valence-corrected chi connectivity index (χ2v) is 4.65. The van der Waals surface area contributed by atoms with Gasteiger partial charge in [-0.1, -0.05) is 13.8 Å². The lowest BCUT2D eigenvalue weighted by Gasteiger charge is -2.00. The van der Waals surface area contributed by atoms with E-state index < -0.39 is 0 Å². The molecule has 3 heteroatoms. The van der Waals surface area contributed by atoms with Crippen LogP contribution in [0.3, 0.4) is 0 Å². The Kier molecular flexibility index (Phi) is 4.68. The molecule has 0 fully saturated rings. The van der Waals surface area contributed by atoms with Crippen LogP contribution in [0.15, 0.2) is 27.8 Å². The zero-order valence-electron chi connectivity index (χ0n) is 8.06. The maximum absolute atomic E-state index is 5.11. The number of furan rings is 1. The molecule has 0 aliphatic carbocycles. The molecular formula is C10H15NOS. The molecule has 0 bridgehead atoms. The van der Waals surface area contributed by atoms with E-state index in [9.17, 15) is 0 Å². The van der Waals surface area contributed by atoms with Crippen LogP contribution in [0.4, 0.5) is 0 Å². The van der Waals surface area contributed by atoms with E-state index in [0.29, 0.717) is 5.25 Å². The van der Waals surface area contributed by atoms with Crippen molar-refractivity contribution in [2.75, 3.05) is 12.3 Å².